The second-order valence-corrected chi connectivity index (χ2v) is 4.81. The van der Waals surface area contributed by atoms with Crippen molar-refractivity contribution in [3.05, 3.63) is 65.7 Å². The Labute approximate surface area is 117 Å². The van der Waals surface area contributed by atoms with Gasteiger partial charge in [-0.1, -0.05) is 48.5 Å². The molecular formula is C15H16O3S. The van der Waals surface area contributed by atoms with Crippen LogP contribution in [0.2, 0.25) is 0 Å². The Morgan fingerprint density at radius 1 is 0.947 bits per heavy atom. The van der Waals surface area contributed by atoms with Crippen LogP contribution in [0.4, 0.5) is 0 Å². The van der Waals surface area contributed by atoms with Crippen LogP contribution in [-0.2, 0) is 22.1 Å². The fraction of sp³-hybridized carbons (Fsp3) is 0.200. The topological polar surface area (TPSA) is 38.7 Å². The highest BCUT2D eigenvalue weighted by Crippen LogP contribution is 2.22. The van der Waals surface area contributed by atoms with E-state index in [1.807, 2.05) is 54.6 Å². The van der Waals surface area contributed by atoms with Crippen LogP contribution in [0.25, 0.3) is 0 Å². The molecule has 2 rings (SSSR count). The van der Waals surface area contributed by atoms with Gasteiger partial charge in [0.1, 0.15) is 0 Å². The molecule has 2 aromatic rings. The summed E-state index contributed by atoms with van der Waals surface area (Å²) < 4.78 is 9.76. The molecule has 0 bridgehead atoms. The summed E-state index contributed by atoms with van der Waals surface area (Å²) in [6.07, 6.45) is 0.791. The van der Waals surface area contributed by atoms with Gasteiger partial charge in [0.15, 0.2) is 0 Å². The molecule has 2 aromatic carbocycles. The highest BCUT2D eigenvalue weighted by Gasteiger charge is 2.03. The third kappa shape index (κ3) is 4.69. The Bertz CT molecular complexity index is 488. The molecule has 19 heavy (non-hydrogen) atoms. The fourth-order valence-corrected chi connectivity index (χ4v) is 2.27. The van der Waals surface area contributed by atoms with Gasteiger partial charge in [0.05, 0.1) is 25.3 Å². The van der Waals surface area contributed by atoms with Crippen molar-refractivity contribution in [2.45, 2.75) is 17.9 Å². The Balaban J connectivity index is 1.79. The molecule has 0 unspecified atom stereocenters. The van der Waals surface area contributed by atoms with Crippen LogP contribution in [-0.4, -0.2) is 11.9 Å². The third-order valence-corrected chi connectivity index (χ3v) is 3.38. The second kappa shape index (κ2) is 7.96. The molecule has 0 aliphatic rings. The summed E-state index contributed by atoms with van der Waals surface area (Å²) in [4.78, 5) is 0.910. The van der Waals surface area contributed by atoms with Crippen LogP contribution in [0.5, 0.6) is 0 Å². The predicted molar refractivity (Wildman–Crippen MR) is 75.8 cm³/mol. The zero-order valence-electron chi connectivity index (χ0n) is 10.5. The largest absolute Gasteiger partial charge is 0.376 e. The molecule has 100 valence electrons. The minimum atomic E-state index is 0.618. The van der Waals surface area contributed by atoms with Crippen molar-refractivity contribution >= 4 is 12.0 Å². The van der Waals surface area contributed by atoms with Crippen molar-refractivity contribution in [3.8, 4) is 0 Å². The number of hydrogen-bond acceptors (Lipinski definition) is 4. The molecule has 0 amide bonds. The van der Waals surface area contributed by atoms with E-state index in [4.69, 9.17) is 9.99 Å². The summed E-state index contributed by atoms with van der Waals surface area (Å²) in [6, 6.07) is 17.9. The summed E-state index contributed by atoms with van der Waals surface area (Å²) in [6.45, 7) is 1.25. The summed E-state index contributed by atoms with van der Waals surface area (Å²) in [5.74, 6) is 0. The highest BCUT2D eigenvalue weighted by molar-refractivity contribution is 7.94. The quantitative estimate of drug-likeness (QED) is 0.360. The first-order valence-electron chi connectivity index (χ1n) is 6.08. The Morgan fingerprint density at radius 3 is 2.47 bits per heavy atom. The molecule has 0 saturated carbocycles. The van der Waals surface area contributed by atoms with Gasteiger partial charge in [0.2, 0.25) is 0 Å². The van der Waals surface area contributed by atoms with Crippen LogP contribution < -0.4 is 0 Å². The molecule has 0 radical (unpaired) electrons. The van der Waals surface area contributed by atoms with E-state index in [0.29, 0.717) is 13.2 Å². The summed E-state index contributed by atoms with van der Waals surface area (Å²) in [7, 11) is 0. The summed E-state index contributed by atoms with van der Waals surface area (Å²) in [5, 5.41) is 8.50. The number of hydrogen-bond donors (Lipinski definition) is 1. The van der Waals surface area contributed by atoms with Gasteiger partial charge in [-0.15, -0.1) is 0 Å². The fourth-order valence-electron chi connectivity index (χ4n) is 1.78. The zero-order chi connectivity index (χ0) is 13.3. The van der Waals surface area contributed by atoms with E-state index in [1.165, 1.54) is 5.56 Å². The normalized spacial score (nSPS) is 10.6. The number of benzene rings is 2. The van der Waals surface area contributed by atoms with E-state index < -0.39 is 0 Å². The SMILES string of the molecule is OOSc1ccccc1CCOCc1ccccc1. The maximum atomic E-state index is 8.50. The first-order valence-corrected chi connectivity index (χ1v) is 6.82. The van der Waals surface area contributed by atoms with E-state index >= 15 is 0 Å². The van der Waals surface area contributed by atoms with Crippen molar-refractivity contribution in [3.63, 3.8) is 0 Å². The van der Waals surface area contributed by atoms with E-state index in [1.54, 1.807) is 0 Å². The van der Waals surface area contributed by atoms with Crippen molar-refractivity contribution in [2.75, 3.05) is 6.61 Å². The number of rotatable bonds is 7. The molecule has 0 spiro atoms. The van der Waals surface area contributed by atoms with Crippen molar-refractivity contribution < 1.29 is 14.3 Å². The van der Waals surface area contributed by atoms with Gasteiger partial charge in [-0.3, -0.25) is 0 Å². The second-order valence-electron chi connectivity index (χ2n) is 4.05. The summed E-state index contributed by atoms with van der Waals surface area (Å²) >= 11 is 0.956. The molecule has 3 nitrogen and oxygen atoms in total. The molecule has 0 heterocycles. The van der Waals surface area contributed by atoms with E-state index in [-0.39, 0.29) is 0 Å². The molecule has 0 fully saturated rings. The van der Waals surface area contributed by atoms with Crippen LogP contribution in [0, 0.1) is 0 Å². The van der Waals surface area contributed by atoms with Crippen LogP contribution in [0.3, 0.4) is 0 Å². The van der Waals surface area contributed by atoms with E-state index in [2.05, 4.69) is 4.33 Å². The predicted octanol–water partition coefficient (Wildman–Crippen LogP) is 3.94. The molecule has 0 aliphatic carbocycles. The smallest absolute Gasteiger partial charge is 0.0717 e. The van der Waals surface area contributed by atoms with Gasteiger partial charge >= 0.3 is 0 Å². The van der Waals surface area contributed by atoms with Gasteiger partial charge < -0.3 is 4.74 Å². The lowest BCUT2D eigenvalue weighted by Crippen LogP contribution is -2.00. The Kier molecular flexibility index (Phi) is 5.91. The first kappa shape index (κ1) is 14.1. The van der Waals surface area contributed by atoms with Crippen molar-refractivity contribution in [1.29, 1.82) is 0 Å². The molecule has 0 aliphatic heterocycles. The maximum absolute atomic E-state index is 8.50. The van der Waals surface area contributed by atoms with Crippen molar-refractivity contribution in [2.24, 2.45) is 0 Å². The van der Waals surface area contributed by atoms with E-state index in [0.717, 1.165) is 28.9 Å². The van der Waals surface area contributed by atoms with Gasteiger partial charge in [-0.25, -0.2) is 5.26 Å². The lowest BCUT2D eigenvalue weighted by Gasteiger charge is -2.07. The van der Waals surface area contributed by atoms with Gasteiger partial charge in [-0.05, 0) is 23.6 Å². The molecule has 1 N–H and O–H groups in total. The Hall–Kier alpha value is -1.33. The average Bonchev–Trinajstić information content (AvgIpc) is 2.47. The molecular weight excluding hydrogens is 260 g/mol. The minimum absolute atomic E-state index is 0.618. The van der Waals surface area contributed by atoms with E-state index in [9.17, 15) is 0 Å². The molecule has 4 heteroatoms. The third-order valence-electron chi connectivity index (χ3n) is 2.73. The minimum Gasteiger partial charge on any atom is -0.376 e. The van der Waals surface area contributed by atoms with Crippen LogP contribution in [0.15, 0.2) is 59.5 Å². The lowest BCUT2D eigenvalue weighted by atomic mass is 10.2. The Morgan fingerprint density at radius 2 is 1.68 bits per heavy atom. The monoisotopic (exact) mass is 276 g/mol. The van der Waals surface area contributed by atoms with Crippen LogP contribution >= 0.6 is 12.0 Å². The van der Waals surface area contributed by atoms with Crippen molar-refractivity contribution in [1.82, 2.24) is 0 Å². The summed E-state index contributed by atoms with van der Waals surface area (Å²) in [5.41, 5.74) is 2.28. The first-order chi connectivity index (χ1) is 9.40. The van der Waals surface area contributed by atoms with Gasteiger partial charge in [0, 0.05) is 4.90 Å². The van der Waals surface area contributed by atoms with Crippen LogP contribution in [0.1, 0.15) is 11.1 Å². The maximum Gasteiger partial charge on any atom is 0.0717 e. The number of ether oxygens (including phenoxy) is 1. The van der Waals surface area contributed by atoms with Gasteiger partial charge in [0.25, 0.3) is 0 Å². The zero-order valence-corrected chi connectivity index (χ0v) is 11.3. The average molecular weight is 276 g/mol. The molecule has 0 aromatic heterocycles. The van der Waals surface area contributed by atoms with Gasteiger partial charge in [-0.2, -0.15) is 4.33 Å². The molecule has 0 atom stereocenters. The highest BCUT2D eigenvalue weighted by atomic mass is 32.2. The lowest BCUT2D eigenvalue weighted by molar-refractivity contribution is -0.116. The molecule has 0 saturated heterocycles. The standard InChI is InChI=1S/C15H16O3S/c16-18-19-15-9-5-4-8-14(15)10-11-17-12-13-6-2-1-3-7-13/h1-9,16H,10-12H2.